The molecule has 17 heavy (non-hydrogen) atoms. The molecule has 2 aromatic rings. The van der Waals surface area contributed by atoms with Crippen LogP contribution in [0.2, 0.25) is 0 Å². The van der Waals surface area contributed by atoms with Crippen molar-refractivity contribution in [3.63, 3.8) is 0 Å². The summed E-state index contributed by atoms with van der Waals surface area (Å²) in [5.41, 5.74) is 0.757. The van der Waals surface area contributed by atoms with Crippen molar-refractivity contribution in [2.24, 2.45) is 0 Å². The van der Waals surface area contributed by atoms with Crippen molar-refractivity contribution in [2.45, 2.75) is 25.9 Å². The monoisotopic (exact) mass is 234 g/mol. The summed E-state index contributed by atoms with van der Waals surface area (Å²) in [6.07, 6.45) is 2.39. The summed E-state index contributed by atoms with van der Waals surface area (Å²) in [6.45, 7) is 2.21. The largest absolute Gasteiger partial charge is 0.480 e. The van der Waals surface area contributed by atoms with E-state index in [0.717, 1.165) is 5.65 Å². The molecule has 0 aliphatic heterocycles. The highest BCUT2D eigenvalue weighted by atomic mass is 16.4. The fraction of sp³-hybridized carbons (Fsp3) is 0.364. The van der Waals surface area contributed by atoms with Gasteiger partial charge in [-0.15, -0.1) is 10.2 Å². The molecule has 1 atom stereocenters. The normalized spacial score (nSPS) is 12.8. The average molecular weight is 234 g/mol. The maximum absolute atomic E-state index is 10.8. The van der Waals surface area contributed by atoms with Crippen molar-refractivity contribution >= 4 is 11.6 Å². The summed E-state index contributed by atoms with van der Waals surface area (Å²) in [7, 11) is 0. The number of carboxylic acid groups (broad SMARTS) is 1. The second-order valence-electron chi connectivity index (χ2n) is 3.73. The first-order chi connectivity index (χ1) is 8.22. The van der Waals surface area contributed by atoms with Crippen LogP contribution < -0.4 is 5.32 Å². The maximum atomic E-state index is 10.8. The van der Waals surface area contributed by atoms with E-state index < -0.39 is 12.0 Å². The number of aromatic nitrogens is 3. The lowest BCUT2D eigenvalue weighted by molar-refractivity contribution is -0.139. The molecule has 6 nitrogen and oxygen atoms in total. The van der Waals surface area contributed by atoms with Crippen LogP contribution >= 0.6 is 0 Å². The number of hydrogen-bond donors (Lipinski definition) is 2. The molecule has 0 aliphatic rings. The summed E-state index contributed by atoms with van der Waals surface area (Å²) in [6, 6.07) is 5.07. The van der Waals surface area contributed by atoms with E-state index >= 15 is 0 Å². The summed E-state index contributed by atoms with van der Waals surface area (Å²) in [5, 5.41) is 19.9. The number of hydrogen-bond acceptors (Lipinski definition) is 4. The first kappa shape index (κ1) is 11.5. The Balaban J connectivity index is 2.11. The Labute approximate surface area is 98.3 Å². The third-order valence-corrected chi connectivity index (χ3v) is 2.60. The van der Waals surface area contributed by atoms with Crippen molar-refractivity contribution in [2.75, 3.05) is 0 Å². The highest BCUT2D eigenvalue weighted by Crippen LogP contribution is 2.03. The van der Waals surface area contributed by atoms with Gasteiger partial charge in [-0.2, -0.15) is 0 Å². The zero-order valence-corrected chi connectivity index (χ0v) is 9.50. The van der Waals surface area contributed by atoms with Crippen molar-refractivity contribution < 1.29 is 9.90 Å². The summed E-state index contributed by atoms with van der Waals surface area (Å²) < 4.78 is 1.83. The van der Waals surface area contributed by atoms with Crippen LogP contribution in [0.25, 0.3) is 5.65 Å². The number of rotatable bonds is 5. The molecular formula is C11H14N4O2. The molecule has 0 bridgehead atoms. The number of nitrogens with zero attached hydrogens (tertiary/aromatic N) is 3. The third-order valence-electron chi connectivity index (χ3n) is 2.60. The number of nitrogens with one attached hydrogen (secondary N) is 1. The SMILES string of the molecule is CCC(NCc1nnc2ccccn12)C(=O)O. The molecule has 0 aromatic carbocycles. The molecule has 2 heterocycles. The standard InChI is InChI=1S/C11H14N4O2/c1-2-8(11(16)17)12-7-10-14-13-9-5-3-4-6-15(9)10/h3-6,8,12H,2,7H2,1H3,(H,16,17). The number of pyridine rings is 1. The Morgan fingerprint density at radius 1 is 1.53 bits per heavy atom. The van der Waals surface area contributed by atoms with Crippen LogP contribution in [0.15, 0.2) is 24.4 Å². The fourth-order valence-corrected chi connectivity index (χ4v) is 1.63. The Morgan fingerprint density at radius 2 is 2.35 bits per heavy atom. The zero-order valence-electron chi connectivity index (χ0n) is 9.50. The lowest BCUT2D eigenvalue weighted by Gasteiger charge is -2.10. The predicted molar refractivity (Wildman–Crippen MR) is 61.5 cm³/mol. The zero-order chi connectivity index (χ0) is 12.3. The van der Waals surface area contributed by atoms with Gasteiger partial charge >= 0.3 is 5.97 Å². The number of carboxylic acids is 1. The molecule has 1 unspecified atom stereocenters. The van der Waals surface area contributed by atoms with Crippen LogP contribution in [0.5, 0.6) is 0 Å². The van der Waals surface area contributed by atoms with Crippen LogP contribution in [0.4, 0.5) is 0 Å². The van der Waals surface area contributed by atoms with Gasteiger partial charge in [-0.3, -0.25) is 14.5 Å². The quantitative estimate of drug-likeness (QED) is 0.795. The van der Waals surface area contributed by atoms with Gasteiger partial charge in [0.25, 0.3) is 0 Å². The molecule has 0 radical (unpaired) electrons. The second kappa shape index (κ2) is 4.92. The molecule has 2 aromatic heterocycles. The van der Waals surface area contributed by atoms with Crippen LogP contribution in [-0.2, 0) is 11.3 Å². The topological polar surface area (TPSA) is 79.5 Å². The molecule has 0 fully saturated rings. The summed E-state index contributed by atoms with van der Waals surface area (Å²) in [5.74, 6) is -0.137. The highest BCUT2D eigenvalue weighted by Gasteiger charge is 2.15. The van der Waals surface area contributed by atoms with E-state index in [-0.39, 0.29) is 0 Å². The Hall–Kier alpha value is -1.95. The van der Waals surface area contributed by atoms with Gasteiger partial charge in [0.15, 0.2) is 11.5 Å². The molecule has 2 rings (SSSR count). The molecule has 0 saturated heterocycles. The van der Waals surface area contributed by atoms with Gasteiger partial charge in [-0.05, 0) is 18.6 Å². The highest BCUT2D eigenvalue weighted by molar-refractivity contribution is 5.73. The van der Waals surface area contributed by atoms with Crippen molar-refractivity contribution in [1.29, 1.82) is 0 Å². The number of fused-ring (bicyclic) bond motifs is 1. The number of carbonyl (C=O) groups is 1. The van der Waals surface area contributed by atoms with Gasteiger partial charge in [0.2, 0.25) is 0 Å². The minimum atomic E-state index is -0.846. The average Bonchev–Trinajstić information content (AvgIpc) is 2.73. The van der Waals surface area contributed by atoms with Crippen molar-refractivity contribution in [1.82, 2.24) is 19.9 Å². The van der Waals surface area contributed by atoms with Gasteiger partial charge in [0, 0.05) is 6.20 Å². The lowest BCUT2D eigenvalue weighted by Crippen LogP contribution is -2.35. The van der Waals surface area contributed by atoms with E-state index in [1.54, 1.807) is 0 Å². The minimum Gasteiger partial charge on any atom is -0.480 e. The van der Waals surface area contributed by atoms with Gasteiger partial charge in [-0.1, -0.05) is 13.0 Å². The van der Waals surface area contributed by atoms with Crippen LogP contribution in [0.1, 0.15) is 19.2 Å². The van der Waals surface area contributed by atoms with E-state index in [2.05, 4.69) is 15.5 Å². The van der Waals surface area contributed by atoms with E-state index in [9.17, 15) is 4.79 Å². The maximum Gasteiger partial charge on any atom is 0.320 e. The van der Waals surface area contributed by atoms with Crippen LogP contribution in [0, 0.1) is 0 Å². The van der Waals surface area contributed by atoms with Gasteiger partial charge in [-0.25, -0.2) is 0 Å². The second-order valence-corrected chi connectivity index (χ2v) is 3.73. The van der Waals surface area contributed by atoms with Crippen LogP contribution in [0.3, 0.4) is 0 Å². The smallest absolute Gasteiger partial charge is 0.320 e. The third kappa shape index (κ3) is 2.42. The first-order valence-corrected chi connectivity index (χ1v) is 5.47. The lowest BCUT2D eigenvalue weighted by atomic mass is 10.2. The molecule has 6 heteroatoms. The summed E-state index contributed by atoms with van der Waals surface area (Å²) >= 11 is 0. The molecule has 0 spiro atoms. The van der Waals surface area contributed by atoms with Crippen molar-refractivity contribution in [3.05, 3.63) is 30.2 Å². The summed E-state index contributed by atoms with van der Waals surface area (Å²) in [4.78, 5) is 10.8. The fourth-order valence-electron chi connectivity index (χ4n) is 1.63. The molecule has 0 aliphatic carbocycles. The van der Waals surface area contributed by atoms with E-state index in [1.807, 2.05) is 35.7 Å². The van der Waals surface area contributed by atoms with Gasteiger partial charge < -0.3 is 5.11 Å². The molecule has 0 amide bonds. The van der Waals surface area contributed by atoms with E-state index in [4.69, 9.17) is 5.11 Å². The molecule has 0 saturated carbocycles. The molecular weight excluding hydrogens is 220 g/mol. The van der Waals surface area contributed by atoms with Crippen molar-refractivity contribution in [3.8, 4) is 0 Å². The minimum absolute atomic E-state index is 0.385. The number of aliphatic carboxylic acids is 1. The van der Waals surface area contributed by atoms with Crippen LogP contribution in [-0.4, -0.2) is 31.7 Å². The van der Waals surface area contributed by atoms with Gasteiger partial charge in [0.05, 0.1) is 6.54 Å². The molecule has 90 valence electrons. The Kier molecular flexibility index (Phi) is 3.34. The van der Waals surface area contributed by atoms with Gasteiger partial charge in [0.1, 0.15) is 6.04 Å². The van der Waals surface area contributed by atoms with E-state index in [1.165, 1.54) is 0 Å². The molecule has 2 N–H and O–H groups in total. The Morgan fingerprint density at radius 3 is 3.06 bits per heavy atom. The predicted octanol–water partition coefficient (Wildman–Crippen LogP) is 0.682. The first-order valence-electron chi connectivity index (χ1n) is 5.47. The Bertz CT molecular complexity index is 523. The van der Waals surface area contributed by atoms with E-state index in [0.29, 0.717) is 18.8 Å².